The van der Waals surface area contributed by atoms with E-state index in [9.17, 15) is 5.11 Å². The molecule has 0 heterocycles. The van der Waals surface area contributed by atoms with Crippen LogP contribution in [0, 0.1) is 29.8 Å². The van der Waals surface area contributed by atoms with E-state index in [-0.39, 0.29) is 17.1 Å². The molecular formula is C11H6I2N4O. The first-order chi connectivity index (χ1) is 8.49. The van der Waals surface area contributed by atoms with E-state index in [2.05, 4.69) is 27.6 Å². The number of nitrogens with two attached hydrogens (primary N) is 1. The Morgan fingerprint density at radius 2 is 2.00 bits per heavy atom. The molecule has 0 unspecified atom stereocenters. The third kappa shape index (κ3) is 3.58. The fourth-order valence-electron chi connectivity index (χ4n) is 1.04. The first kappa shape index (κ1) is 14.7. The minimum absolute atomic E-state index is 0.0582. The summed E-state index contributed by atoms with van der Waals surface area (Å²) in [5.74, 6) is 0.0582. The molecular weight excluding hydrogens is 458 g/mol. The zero-order chi connectivity index (χ0) is 13.7. The van der Waals surface area contributed by atoms with Gasteiger partial charge in [-0.05, 0) is 57.3 Å². The first-order valence-corrected chi connectivity index (χ1v) is 6.67. The number of hydrogen-bond acceptors (Lipinski definition) is 5. The second-order valence-corrected chi connectivity index (χ2v) is 5.47. The maximum atomic E-state index is 9.76. The Morgan fingerprint density at radius 1 is 1.33 bits per heavy atom. The monoisotopic (exact) mass is 464 g/mol. The highest BCUT2D eigenvalue weighted by molar-refractivity contribution is 14.1. The summed E-state index contributed by atoms with van der Waals surface area (Å²) in [4.78, 5) is 3.81. The van der Waals surface area contributed by atoms with Gasteiger partial charge in [0, 0.05) is 18.9 Å². The van der Waals surface area contributed by atoms with Crippen molar-refractivity contribution in [3.63, 3.8) is 0 Å². The average molecular weight is 464 g/mol. The van der Waals surface area contributed by atoms with Crippen LogP contribution < -0.4 is 5.73 Å². The number of allylic oxidation sites excluding steroid dienone is 2. The standard InChI is InChI=1S/C11H6I2N4O/c12-6-1-8(13)7(11(18)2-6)5-17-10(4-15)9(16)3-14/h1-2,5,18H,16H2/b10-9-,17-5?. The molecule has 0 spiro atoms. The maximum absolute atomic E-state index is 9.76. The van der Waals surface area contributed by atoms with Gasteiger partial charge in [0.2, 0.25) is 0 Å². The molecule has 3 N–H and O–H groups in total. The molecule has 0 saturated carbocycles. The lowest BCUT2D eigenvalue weighted by Crippen LogP contribution is -1.98. The van der Waals surface area contributed by atoms with Gasteiger partial charge in [0.25, 0.3) is 0 Å². The van der Waals surface area contributed by atoms with Gasteiger partial charge in [-0.3, -0.25) is 0 Å². The van der Waals surface area contributed by atoms with E-state index in [4.69, 9.17) is 16.3 Å². The van der Waals surface area contributed by atoms with Crippen LogP contribution in [0.5, 0.6) is 5.75 Å². The molecule has 0 saturated heterocycles. The Balaban J connectivity index is 3.22. The molecule has 0 fully saturated rings. The summed E-state index contributed by atoms with van der Waals surface area (Å²) in [5, 5.41) is 27.1. The predicted molar refractivity (Wildman–Crippen MR) is 83.6 cm³/mol. The van der Waals surface area contributed by atoms with Gasteiger partial charge in [-0.25, -0.2) is 4.99 Å². The molecule has 0 aromatic heterocycles. The zero-order valence-electron chi connectivity index (χ0n) is 8.85. The SMILES string of the molecule is N#C/C(N)=C(\C#N)N=Cc1c(O)cc(I)cc1I. The van der Waals surface area contributed by atoms with Crippen molar-refractivity contribution in [3.05, 3.63) is 36.2 Å². The number of aliphatic imine (C=N–C) groups is 1. The van der Waals surface area contributed by atoms with Gasteiger partial charge in [0.15, 0.2) is 5.70 Å². The van der Waals surface area contributed by atoms with Crippen LogP contribution in [0.1, 0.15) is 5.56 Å². The first-order valence-electron chi connectivity index (χ1n) is 4.51. The third-order valence-electron chi connectivity index (χ3n) is 1.88. The summed E-state index contributed by atoms with van der Waals surface area (Å²) in [7, 11) is 0. The van der Waals surface area contributed by atoms with Gasteiger partial charge in [-0.2, -0.15) is 10.5 Å². The molecule has 5 nitrogen and oxygen atoms in total. The van der Waals surface area contributed by atoms with Gasteiger partial charge in [-0.15, -0.1) is 0 Å². The van der Waals surface area contributed by atoms with Crippen molar-refractivity contribution < 1.29 is 5.11 Å². The minimum Gasteiger partial charge on any atom is -0.507 e. The van der Waals surface area contributed by atoms with Gasteiger partial charge in [0.05, 0.1) is 0 Å². The maximum Gasteiger partial charge on any atom is 0.174 e. The normalized spacial score (nSPS) is 11.8. The van der Waals surface area contributed by atoms with Crippen LogP contribution in [-0.4, -0.2) is 11.3 Å². The van der Waals surface area contributed by atoms with Crippen molar-refractivity contribution in [2.24, 2.45) is 10.7 Å². The molecule has 1 rings (SSSR count). The molecule has 1 aromatic carbocycles. The molecule has 18 heavy (non-hydrogen) atoms. The second kappa shape index (κ2) is 6.56. The topological polar surface area (TPSA) is 106 Å². The van der Waals surface area contributed by atoms with E-state index in [0.29, 0.717) is 5.56 Å². The number of nitrogens with zero attached hydrogens (tertiary/aromatic N) is 3. The van der Waals surface area contributed by atoms with Crippen LogP contribution in [0.25, 0.3) is 0 Å². The molecule has 90 valence electrons. The minimum atomic E-state index is -0.256. The highest BCUT2D eigenvalue weighted by atomic mass is 127. The summed E-state index contributed by atoms with van der Waals surface area (Å²) in [6.07, 6.45) is 1.32. The summed E-state index contributed by atoms with van der Waals surface area (Å²) < 4.78 is 1.67. The molecule has 0 atom stereocenters. The second-order valence-electron chi connectivity index (χ2n) is 3.06. The summed E-state index contributed by atoms with van der Waals surface area (Å²) in [6.45, 7) is 0. The predicted octanol–water partition coefficient (Wildman–Crippen LogP) is 2.24. The van der Waals surface area contributed by atoms with E-state index >= 15 is 0 Å². The Labute approximate surface area is 131 Å². The van der Waals surface area contributed by atoms with E-state index < -0.39 is 0 Å². The molecule has 0 aliphatic carbocycles. The van der Waals surface area contributed by atoms with Gasteiger partial charge >= 0.3 is 0 Å². The Morgan fingerprint density at radius 3 is 2.50 bits per heavy atom. The molecule has 0 aliphatic rings. The third-order valence-corrected chi connectivity index (χ3v) is 3.39. The summed E-state index contributed by atoms with van der Waals surface area (Å²) >= 11 is 4.13. The van der Waals surface area contributed by atoms with E-state index in [1.165, 1.54) is 6.21 Å². The van der Waals surface area contributed by atoms with Gasteiger partial charge in [-0.1, -0.05) is 0 Å². The molecule has 0 radical (unpaired) electrons. The van der Waals surface area contributed by atoms with Crippen molar-refractivity contribution in [1.29, 1.82) is 10.5 Å². The zero-order valence-corrected chi connectivity index (χ0v) is 13.2. The molecule has 1 aromatic rings. The van der Waals surface area contributed by atoms with Crippen LogP contribution in [0.4, 0.5) is 0 Å². The van der Waals surface area contributed by atoms with Crippen molar-refractivity contribution in [2.75, 3.05) is 0 Å². The lowest BCUT2D eigenvalue weighted by Gasteiger charge is -2.02. The van der Waals surface area contributed by atoms with Gasteiger partial charge in [0.1, 0.15) is 23.6 Å². The smallest absolute Gasteiger partial charge is 0.174 e. The van der Waals surface area contributed by atoms with Crippen molar-refractivity contribution >= 4 is 51.4 Å². The number of phenolic OH excluding ortho intramolecular Hbond substituents is 1. The molecule has 0 bridgehead atoms. The van der Waals surface area contributed by atoms with E-state index in [1.54, 1.807) is 18.2 Å². The van der Waals surface area contributed by atoms with Crippen molar-refractivity contribution in [2.45, 2.75) is 0 Å². The van der Waals surface area contributed by atoms with E-state index in [0.717, 1.165) is 7.14 Å². The number of phenols is 1. The van der Waals surface area contributed by atoms with Crippen molar-refractivity contribution in [3.8, 4) is 17.9 Å². The number of benzene rings is 1. The molecule has 7 heteroatoms. The number of hydrogen-bond donors (Lipinski definition) is 2. The lowest BCUT2D eigenvalue weighted by molar-refractivity contribution is 0.473. The Hall–Kier alpha value is -1.33. The lowest BCUT2D eigenvalue weighted by atomic mass is 10.2. The fourth-order valence-corrected chi connectivity index (χ4v) is 2.99. The number of aromatic hydroxyl groups is 1. The van der Waals surface area contributed by atoms with E-state index in [1.807, 2.05) is 28.7 Å². The van der Waals surface area contributed by atoms with Crippen LogP contribution in [0.3, 0.4) is 0 Å². The number of halogens is 2. The van der Waals surface area contributed by atoms with Crippen molar-refractivity contribution in [1.82, 2.24) is 0 Å². The quantitative estimate of drug-likeness (QED) is 0.398. The highest BCUT2D eigenvalue weighted by Gasteiger charge is 2.06. The van der Waals surface area contributed by atoms with Crippen LogP contribution in [0.2, 0.25) is 0 Å². The fraction of sp³-hybridized carbons (Fsp3) is 0. The molecule has 0 aliphatic heterocycles. The van der Waals surface area contributed by atoms with Crippen LogP contribution in [0.15, 0.2) is 28.5 Å². The Kier molecular flexibility index (Phi) is 5.37. The highest BCUT2D eigenvalue weighted by Crippen LogP contribution is 2.24. The number of nitriles is 2. The Bertz CT molecular complexity index is 600. The summed E-state index contributed by atoms with van der Waals surface area (Å²) in [6, 6.07) is 6.80. The van der Waals surface area contributed by atoms with Crippen LogP contribution >= 0.6 is 45.2 Å². The largest absolute Gasteiger partial charge is 0.507 e. The molecule has 0 amide bonds. The number of rotatable bonds is 2. The van der Waals surface area contributed by atoms with Crippen LogP contribution in [-0.2, 0) is 0 Å². The summed E-state index contributed by atoms with van der Waals surface area (Å²) in [5.41, 5.74) is 5.36. The van der Waals surface area contributed by atoms with Gasteiger partial charge < -0.3 is 10.8 Å². The average Bonchev–Trinajstić information content (AvgIpc) is 2.31.